The summed E-state index contributed by atoms with van der Waals surface area (Å²) in [7, 11) is 0. The summed E-state index contributed by atoms with van der Waals surface area (Å²) in [5, 5.41) is 11.8. The van der Waals surface area contributed by atoms with Gasteiger partial charge in [0.25, 0.3) is 0 Å². The Bertz CT molecular complexity index is 577. The predicted octanol–water partition coefficient (Wildman–Crippen LogP) is 2.45. The van der Waals surface area contributed by atoms with Gasteiger partial charge < -0.3 is 19.6 Å². The molecular weight excluding hydrogens is 258 g/mol. The highest BCUT2D eigenvalue weighted by atomic mass is 16.5. The van der Waals surface area contributed by atoms with Crippen molar-refractivity contribution in [2.24, 2.45) is 0 Å². The van der Waals surface area contributed by atoms with E-state index in [4.69, 9.17) is 14.3 Å². The largest absolute Gasteiger partial charge is 0.492 e. The summed E-state index contributed by atoms with van der Waals surface area (Å²) in [4.78, 5) is 10.6. The zero-order valence-electron chi connectivity index (χ0n) is 11.3. The van der Waals surface area contributed by atoms with E-state index in [0.29, 0.717) is 25.5 Å². The molecular formula is C15H17NO4. The molecule has 0 bridgehead atoms. The van der Waals surface area contributed by atoms with Crippen molar-refractivity contribution in [2.45, 2.75) is 13.5 Å². The quantitative estimate of drug-likeness (QED) is 0.759. The van der Waals surface area contributed by atoms with Crippen LogP contribution in [0.5, 0.6) is 5.75 Å². The lowest BCUT2D eigenvalue weighted by Crippen LogP contribution is -2.20. The molecule has 1 heterocycles. The van der Waals surface area contributed by atoms with Crippen molar-refractivity contribution in [3.8, 4) is 5.75 Å². The van der Waals surface area contributed by atoms with E-state index in [1.54, 1.807) is 6.07 Å². The second-order valence-corrected chi connectivity index (χ2v) is 4.41. The molecule has 2 rings (SSSR count). The van der Waals surface area contributed by atoms with E-state index < -0.39 is 5.97 Å². The van der Waals surface area contributed by atoms with Crippen LogP contribution in [0.1, 0.15) is 21.9 Å². The van der Waals surface area contributed by atoms with Gasteiger partial charge in [0.05, 0.1) is 6.54 Å². The highest BCUT2D eigenvalue weighted by Gasteiger charge is 2.08. The number of nitrogens with one attached hydrogen (secondary N) is 1. The van der Waals surface area contributed by atoms with Gasteiger partial charge in [-0.15, -0.1) is 0 Å². The molecule has 0 spiro atoms. The van der Waals surface area contributed by atoms with Crippen molar-refractivity contribution in [2.75, 3.05) is 13.2 Å². The second kappa shape index (κ2) is 6.77. The van der Waals surface area contributed by atoms with E-state index in [0.717, 1.165) is 11.3 Å². The summed E-state index contributed by atoms with van der Waals surface area (Å²) >= 11 is 0. The maximum absolute atomic E-state index is 10.6. The summed E-state index contributed by atoms with van der Waals surface area (Å²) < 4.78 is 10.7. The lowest BCUT2D eigenvalue weighted by Gasteiger charge is -2.07. The van der Waals surface area contributed by atoms with Crippen LogP contribution in [0.15, 0.2) is 40.8 Å². The zero-order chi connectivity index (χ0) is 14.4. The monoisotopic (exact) mass is 275 g/mol. The number of hydrogen-bond donors (Lipinski definition) is 2. The molecule has 0 amide bonds. The van der Waals surface area contributed by atoms with E-state index in [9.17, 15) is 4.79 Å². The van der Waals surface area contributed by atoms with Crippen LogP contribution >= 0.6 is 0 Å². The number of rotatable bonds is 7. The van der Waals surface area contributed by atoms with Crippen LogP contribution in [0.3, 0.4) is 0 Å². The second-order valence-electron chi connectivity index (χ2n) is 4.41. The summed E-state index contributed by atoms with van der Waals surface area (Å²) in [6, 6.07) is 11.0. The molecule has 106 valence electrons. The summed E-state index contributed by atoms with van der Waals surface area (Å²) in [5.74, 6) is 0.341. The van der Waals surface area contributed by atoms with Crippen molar-refractivity contribution < 1.29 is 19.1 Å². The summed E-state index contributed by atoms with van der Waals surface area (Å²) in [6.45, 7) is 3.68. The number of furan rings is 1. The molecule has 0 aliphatic heterocycles. The molecule has 0 atom stereocenters. The van der Waals surface area contributed by atoms with E-state index in [1.807, 2.05) is 31.2 Å². The Morgan fingerprint density at radius 2 is 2.20 bits per heavy atom. The van der Waals surface area contributed by atoms with Gasteiger partial charge in [0.15, 0.2) is 0 Å². The minimum Gasteiger partial charge on any atom is -0.492 e. The van der Waals surface area contributed by atoms with E-state index in [2.05, 4.69) is 5.32 Å². The van der Waals surface area contributed by atoms with Gasteiger partial charge in [-0.3, -0.25) is 0 Å². The summed E-state index contributed by atoms with van der Waals surface area (Å²) in [6.07, 6.45) is 0. The Kier molecular flexibility index (Phi) is 4.79. The minimum atomic E-state index is -1.06. The normalized spacial score (nSPS) is 10.4. The molecule has 5 nitrogen and oxygen atoms in total. The van der Waals surface area contributed by atoms with Crippen molar-refractivity contribution in [3.63, 3.8) is 0 Å². The van der Waals surface area contributed by atoms with Crippen molar-refractivity contribution in [1.82, 2.24) is 5.32 Å². The zero-order valence-corrected chi connectivity index (χ0v) is 11.3. The number of carbonyl (C=O) groups is 1. The van der Waals surface area contributed by atoms with Crippen molar-refractivity contribution >= 4 is 5.97 Å². The molecule has 0 saturated carbocycles. The molecule has 5 heteroatoms. The van der Waals surface area contributed by atoms with Crippen molar-refractivity contribution in [1.29, 1.82) is 0 Å². The highest BCUT2D eigenvalue weighted by molar-refractivity contribution is 5.84. The Balaban J connectivity index is 1.67. The predicted molar refractivity (Wildman–Crippen MR) is 74.0 cm³/mol. The number of hydrogen-bond acceptors (Lipinski definition) is 4. The van der Waals surface area contributed by atoms with E-state index >= 15 is 0 Å². The van der Waals surface area contributed by atoms with Gasteiger partial charge in [-0.05, 0) is 36.8 Å². The Morgan fingerprint density at radius 3 is 2.90 bits per heavy atom. The third-order valence-corrected chi connectivity index (χ3v) is 2.71. The molecule has 2 N–H and O–H groups in total. The Labute approximate surface area is 117 Å². The third kappa shape index (κ3) is 4.13. The molecule has 0 fully saturated rings. The van der Waals surface area contributed by atoms with E-state index in [1.165, 1.54) is 6.07 Å². The first-order chi connectivity index (χ1) is 9.65. The fraction of sp³-hybridized carbons (Fsp3) is 0.267. The minimum absolute atomic E-state index is 0.0437. The average Bonchev–Trinajstić information content (AvgIpc) is 2.87. The average molecular weight is 275 g/mol. The standard InChI is InChI=1S/C15H17NO4/c1-11-3-2-4-12(9-11)19-8-7-16-10-13-5-6-14(20-13)15(17)18/h2-6,9,16H,7-8,10H2,1H3,(H,17,18). The smallest absolute Gasteiger partial charge is 0.371 e. The molecule has 20 heavy (non-hydrogen) atoms. The first-order valence-corrected chi connectivity index (χ1v) is 6.37. The van der Waals surface area contributed by atoms with Gasteiger partial charge in [-0.1, -0.05) is 12.1 Å². The number of benzene rings is 1. The van der Waals surface area contributed by atoms with Crippen LogP contribution in [0.2, 0.25) is 0 Å². The number of aromatic carboxylic acids is 1. The van der Waals surface area contributed by atoms with Crippen LogP contribution in [0.25, 0.3) is 0 Å². The number of aryl methyl sites for hydroxylation is 1. The maximum atomic E-state index is 10.6. The lowest BCUT2D eigenvalue weighted by atomic mass is 10.2. The Morgan fingerprint density at radius 1 is 1.35 bits per heavy atom. The third-order valence-electron chi connectivity index (χ3n) is 2.71. The van der Waals surface area contributed by atoms with Crippen LogP contribution in [-0.4, -0.2) is 24.2 Å². The molecule has 0 aliphatic carbocycles. The molecule has 2 aromatic rings. The molecule has 0 saturated heterocycles. The first-order valence-electron chi connectivity index (χ1n) is 6.37. The lowest BCUT2D eigenvalue weighted by molar-refractivity contribution is 0.0660. The fourth-order valence-corrected chi connectivity index (χ4v) is 1.75. The van der Waals surface area contributed by atoms with Crippen LogP contribution in [-0.2, 0) is 6.54 Å². The fourth-order valence-electron chi connectivity index (χ4n) is 1.75. The highest BCUT2D eigenvalue weighted by Crippen LogP contribution is 2.12. The number of ether oxygens (including phenoxy) is 1. The van der Waals surface area contributed by atoms with Gasteiger partial charge in [-0.25, -0.2) is 4.79 Å². The van der Waals surface area contributed by atoms with Crippen molar-refractivity contribution in [3.05, 3.63) is 53.5 Å². The number of carboxylic acids is 1. The molecule has 0 aliphatic rings. The van der Waals surface area contributed by atoms with Crippen LogP contribution in [0, 0.1) is 6.92 Å². The van der Waals surface area contributed by atoms with Gasteiger partial charge >= 0.3 is 5.97 Å². The maximum Gasteiger partial charge on any atom is 0.371 e. The SMILES string of the molecule is Cc1cccc(OCCNCc2ccc(C(=O)O)o2)c1. The molecule has 1 aromatic carbocycles. The van der Waals surface area contributed by atoms with Gasteiger partial charge in [0.1, 0.15) is 18.1 Å². The van der Waals surface area contributed by atoms with Crippen LogP contribution in [0.4, 0.5) is 0 Å². The van der Waals surface area contributed by atoms with E-state index in [-0.39, 0.29) is 5.76 Å². The topological polar surface area (TPSA) is 71.7 Å². The number of carboxylic acid groups (broad SMARTS) is 1. The van der Waals surface area contributed by atoms with Crippen LogP contribution < -0.4 is 10.1 Å². The summed E-state index contributed by atoms with van der Waals surface area (Å²) in [5.41, 5.74) is 1.16. The molecule has 0 radical (unpaired) electrons. The Hall–Kier alpha value is -2.27. The first kappa shape index (κ1) is 14.1. The van der Waals surface area contributed by atoms with Gasteiger partial charge in [-0.2, -0.15) is 0 Å². The van der Waals surface area contributed by atoms with Gasteiger partial charge in [0, 0.05) is 6.54 Å². The molecule has 1 aromatic heterocycles. The molecule has 0 unspecified atom stereocenters. The van der Waals surface area contributed by atoms with Gasteiger partial charge in [0.2, 0.25) is 5.76 Å².